The molecular weight excluding hydrogens is 238 g/mol. The average molecular weight is 271 g/mol. The Bertz CT molecular complexity index is 195. The zero-order valence-electron chi connectivity index (χ0n) is 12.8. The van der Waals surface area contributed by atoms with Crippen molar-refractivity contribution in [3.05, 3.63) is 0 Å². The smallest absolute Gasteiger partial charge is 0.219 e. The molecule has 0 aliphatic heterocycles. The van der Waals surface area contributed by atoms with Gasteiger partial charge in [-0.3, -0.25) is 4.79 Å². The first-order chi connectivity index (χ1) is 9.31. The number of unbranched alkanes of at least 4 members (excludes halogenated alkanes) is 9. The number of carbonyl (C=O) groups is 1. The molecule has 0 aliphatic rings. The summed E-state index contributed by atoms with van der Waals surface area (Å²) < 4.78 is 0. The molecule has 3 heteroatoms. The zero-order chi connectivity index (χ0) is 14.2. The van der Waals surface area contributed by atoms with Crippen LogP contribution in [0.3, 0.4) is 0 Å². The fraction of sp³-hybridized carbons (Fsp3) is 0.938. The van der Waals surface area contributed by atoms with Crippen molar-refractivity contribution in [1.82, 2.24) is 5.32 Å². The van der Waals surface area contributed by atoms with E-state index in [1.807, 2.05) is 0 Å². The van der Waals surface area contributed by atoms with E-state index in [0.717, 1.165) is 6.42 Å². The number of amides is 1. The van der Waals surface area contributed by atoms with Gasteiger partial charge in [0.05, 0.1) is 0 Å². The van der Waals surface area contributed by atoms with Gasteiger partial charge in [0.1, 0.15) is 0 Å². The Morgan fingerprint density at radius 3 is 1.89 bits per heavy atom. The van der Waals surface area contributed by atoms with Crippen LogP contribution in [0.15, 0.2) is 0 Å². The first-order valence-electron chi connectivity index (χ1n) is 8.18. The van der Waals surface area contributed by atoms with Crippen LogP contribution in [0, 0.1) is 0 Å². The minimum absolute atomic E-state index is 0.132. The van der Waals surface area contributed by atoms with E-state index in [-0.39, 0.29) is 12.5 Å². The first kappa shape index (κ1) is 18.4. The molecule has 2 N–H and O–H groups in total. The standard InChI is InChI=1S/C16H33NO2/c1-2-3-4-5-6-7-8-9-10-11-13-16(19)17-14-12-15-18/h18H,2-15H2,1H3,(H,17,19). The molecule has 3 nitrogen and oxygen atoms in total. The molecule has 0 atom stereocenters. The van der Waals surface area contributed by atoms with Crippen LogP contribution in [0.1, 0.15) is 84.0 Å². The molecule has 0 rings (SSSR count). The molecular formula is C16H33NO2. The molecule has 0 fully saturated rings. The molecule has 0 bridgehead atoms. The third-order valence-corrected chi connectivity index (χ3v) is 3.41. The van der Waals surface area contributed by atoms with Crippen molar-refractivity contribution in [3.8, 4) is 0 Å². The molecule has 0 radical (unpaired) electrons. The SMILES string of the molecule is CCCCCCCCCCCCC(=O)NCCCO. The van der Waals surface area contributed by atoms with Gasteiger partial charge in [0.2, 0.25) is 5.91 Å². The quantitative estimate of drug-likeness (QED) is 0.472. The van der Waals surface area contributed by atoms with E-state index in [9.17, 15) is 4.79 Å². The largest absolute Gasteiger partial charge is 0.396 e. The number of rotatable bonds is 14. The summed E-state index contributed by atoms with van der Waals surface area (Å²) in [6.07, 6.45) is 14.3. The van der Waals surface area contributed by atoms with Crippen molar-refractivity contribution in [2.75, 3.05) is 13.2 Å². The molecule has 0 aliphatic carbocycles. The first-order valence-corrected chi connectivity index (χ1v) is 8.18. The van der Waals surface area contributed by atoms with Crippen molar-refractivity contribution >= 4 is 5.91 Å². The van der Waals surface area contributed by atoms with Crippen LogP contribution in [-0.2, 0) is 4.79 Å². The molecule has 0 unspecified atom stereocenters. The van der Waals surface area contributed by atoms with Gasteiger partial charge in [-0.2, -0.15) is 0 Å². The third-order valence-electron chi connectivity index (χ3n) is 3.41. The summed E-state index contributed by atoms with van der Waals surface area (Å²) in [6, 6.07) is 0. The highest BCUT2D eigenvalue weighted by Gasteiger charge is 1.99. The van der Waals surface area contributed by atoms with Gasteiger partial charge in [0.15, 0.2) is 0 Å². The van der Waals surface area contributed by atoms with Gasteiger partial charge in [0, 0.05) is 19.6 Å². The Morgan fingerprint density at radius 1 is 0.842 bits per heavy atom. The Balaban J connectivity index is 3.07. The van der Waals surface area contributed by atoms with Crippen molar-refractivity contribution in [3.63, 3.8) is 0 Å². The summed E-state index contributed by atoms with van der Waals surface area (Å²) in [7, 11) is 0. The van der Waals surface area contributed by atoms with Crippen LogP contribution >= 0.6 is 0 Å². The lowest BCUT2D eigenvalue weighted by Gasteiger charge is -2.04. The molecule has 1 amide bonds. The van der Waals surface area contributed by atoms with Crippen molar-refractivity contribution in [1.29, 1.82) is 0 Å². The van der Waals surface area contributed by atoms with Crippen molar-refractivity contribution in [2.45, 2.75) is 84.0 Å². The second-order valence-corrected chi connectivity index (χ2v) is 5.36. The molecule has 114 valence electrons. The number of aliphatic hydroxyl groups excluding tert-OH is 1. The van der Waals surface area contributed by atoms with E-state index >= 15 is 0 Å². The molecule has 0 saturated heterocycles. The summed E-state index contributed by atoms with van der Waals surface area (Å²) >= 11 is 0. The summed E-state index contributed by atoms with van der Waals surface area (Å²) in [5, 5.41) is 11.4. The molecule has 0 heterocycles. The van der Waals surface area contributed by atoms with E-state index in [2.05, 4.69) is 12.2 Å². The predicted octanol–water partition coefficient (Wildman–Crippen LogP) is 3.80. The van der Waals surface area contributed by atoms with Crippen molar-refractivity contribution in [2.24, 2.45) is 0 Å². The molecule has 0 spiro atoms. The number of aliphatic hydroxyl groups is 1. The summed E-state index contributed by atoms with van der Waals surface area (Å²) in [4.78, 5) is 11.4. The van der Waals surface area contributed by atoms with Gasteiger partial charge >= 0.3 is 0 Å². The van der Waals surface area contributed by atoms with Crippen LogP contribution in [0.25, 0.3) is 0 Å². The predicted molar refractivity (Wildman–Crippen MR) is 81.2 cm³/mol. The van der Waals surface area contributed by atoms with Gasteiger partial charge in [-0.05, 0) is 12.8 Å². The molecule has 19 heavy (non-hydrogen) atoms. The number of hydrogen-bond acceptors (Lipinski definition) is 2. The van der Waals surface area contributed by atoms with Crippen LogP contribution in [-0.4, -0.2) is 24.2 Å². The maximum absolute atomic E-state index is 11.4. The lowest BCUT2D eigenvalue weighted by molar-refractivity contribution is -0.121. The summed E-state index contributed by atoms with van der Waals surface area (Å²) in [6.45, 7) is 3.01. The lowest BCUT2D eigenvalue weighted by atomic mass is 10.1. The fourth-order valence-corrected chi connectivity index (χ4v) is 2.17. The number of carbonyl (C=O) groups excluding carboxylic acids is 1. The van der Waals surface area contributed by atoms with Crippen LogP contribution in [0.2, 0.25) is 0 Å². The third kappa shape index (κ3) is 15.4. The topological polar surface area (TPSA) is 49.3 Å². The van der Waals surface area contributed by atoms with Gasteiger partial charge in [-0.25, -0.2) is 0 Å². The number of hydrogen-bond donors (Lipinski definition) is 2. The molecule has 0 aromatic carbocycles. The molecule has 0 aromatic rings. The minimum atomic E-state index is 0.132. The van der Waals surface area contributed by atoms with E-state index in [1.165, 1.54) is 57.8 Å². The van der Waals surface area contributed by atoms with Crippen LogP contribution < -0.4 is 5.32 Å². The summed E-state index contributed by atoms with van der Waals surface area (Å²) in [5.74, 6) is 0.132. The molecule has 0 saturated carbocycles. The lowest BCUT2D eigenvalue weighted by Crippen LogP contribution is -2.24. The summed E-state index contributed by atoms with van der Waals surface area (Å²) in [5.41, 5.74) is 0. The Labute approximate surface area is 119 Å². The van der Waals surface area contributed by atoms with Gasteiger partial charge in [-0.15, -0.1) is 0 Å². The molecule has 0 aromatic heterocycles. The highest BCUT2D eigenvalue weighted by molar-refractivity contribution is 5.75. The van der Waals surface area contributed by atoms with E-state index < -0.39 is 0 Å². The monoisotopic (exact) mass is 271 g/mol. The Hall–Kier alpha value is -0.570. The van der Waals surface area contributed by atoms with E-state index in [1.54, 1.807) is 0 Å². The number of nitrogens with one attached hydrogen (secondary N) is 1. The Morgan fingerprint density at radius 2 is 1.37 bits per heavy atom. The Kier molecular flexibility index (Phi) is 15.0. The highest BCUT2D eigenvalue weighted by Crippen LogP contribution is 2.11. The van der Waals surface area contributed by atoms with Gasteiger partial charge in [-0.1, -0.05) is 64.7 Å². The maximum atomic E-state index is 11.4. The van der Waals surface area contributed by atoms with Crippen molar-refractivity contribution < 1.29 is 9.90 Å². The maximum Gasteiger partial charge on any atom is 0.219 e. The second-order valence-electron chi connectivity index (χ2n) is 5.36. The zero-order valence-corrected chi connectivity index (χ0v) is 12.8. The van der Waals surface area contributed by atoms with Gasteiger partial charge < -0.3 is 10.4 Å². The fourth-order valence-electron chi connectivity index (χ4n) is 2.17. The average Bonchev–Trinajstić information content (AvgIpc) is 2.41. The second kappa shape index (κ2) is 15.5. The van der Waals surface area contributed by atoms with E-state index in [4.69, 9.17) is 5.11 Å². The van der Waals surface area contributed by atoms with E-state index in [0.29, 0.717) is 19.4 Å². The van der Waals surface area contributed by atoms with Crippen LogP contribution in [0.4, 0.5) is 0 Å². The van der Waals surface area contributed by atoms with Gasteiger partial charge in [0.25, 0.3) is 0 Å². The van der Waals surface area contributed by atoms with Crippen LogP contribution in [0.5, 0.6) is 0 Å². The minimum Gasteiger partial charge on any atom is -0.396 e. The normalized spacial score (nSPS) is 10.6. The highest BCUT2D eigenvalue weighted by atomic mass is 16.3.